The summed E-state index contributed by atoms with van der Waals surface area (Å²) in [6, 6.07) is 2.17. The Morgan fingerprint density at radius 3 is 2.69 bits per heavy atom. The van der Waals surface area contributed by atoms with Gasteiger partial charge in [0.1, 0.15) is 0 Å². The molecule has 0 aliphatic carbocycles. The largest absolute Gasteiger partial charge is 0.378 e. The maximum absolute atomic E-state index is 8.49. The van der Waals surface area contributed by atoms with Crippen LogP contribution in [0.4, 0.5) is 0 Å². The second-order valence-corrected chi connectivity index (χ2v) is 3.36. The molecule has 0 saturated carbocycles. The van der Waals surface area contributed by atoms with Gasteiger partial charge in [0.05, 0.1) is 18.7 Å². The van der Waals surface area contributed by atoms with Crippen molar-refractivity contribution < 1.29 is 4.74 Å². The second-order valence-electron chi connectivity index (χ2n) is 3.36. The van der Waals surface area contributed by atoms with Crippen LogP contribution in [0.3, 0.4) is 0 Å². The number of nitriles is 1. The van der Waals surface area contributed by atoms with E-state index in [-0.39, 0.29) is 0 Å². The van der Waals surface area contributed by atoms with Crippen LogP contribution in [0.2, 0.25) is 0 Å². The van der Waals surface area contributed by atoms with Crippen molar-refractivity contribution in [2.24, 2.45) is 0 Å². The van der Waals surface area contributed by atoms with Gasteiger partial charge in [0.15, 0.2) is 0 Å². The zero-order valence-corrected chi connectivity index (χ0v) is 8.04. The van der Waals surface area contributed by atoms with Crippen molar-refractivity contribution in [1.29, 1.82) is 5.26 Å². The molecule has 1 heterocycles. The maximum Gasteiger partial charge on any atom is 0.0866 e. The molecule has 0 spiro atoms. The Morgan fingerprint density at radius 2 is 2.15 bits per heavy atom. The lowest BCUT2D eigenvalue weighted by molar-refractivity contribution is 0.0122. The van der Waals surface area contributed by atoms with Crippen LogP contribution < -0.4 is 0 Å². The van der Waals surface area contributed by atoms with Crippen molar-refractivity contribution >= 4 is 0 Å². The Morgan fingerprint density at radius 1 is 1.46 bits per heavy atom. The lowest BCUT2D eigenvalue weighted by Gasteiger charge is -2.29. The lowest BCUT2D eigenvalue weighted by Crippen LogP contribution is -2.37. The van der Waals surface area contributed by atoms with E-state index in [0.29, 0.717) is 12.6 Å². The molecule has 1 rings (SSSR count). The van der Waals surface area contributed by atoms with Crippen LogP contribution >= 0.6 is 0 Å². The van der Waals surface area contributed by atoms with E-state index in [2.05, 4.69) is 17.9 Å². The van der Waals surface area contributed by atoms with E-state index in [1.807, 2.05) is 0 Å². The summed E-state index contributed by atoms with van der Waals surface area (Å²) in [5.74, 6) is 0. The summed E-state index contributed by atoms with van der Waals surface area (Å²) in [7, 11) is 0. The molecule has 0 aromatic rings. The van der Waals surface area contributed by atoms with Crippen molar-refractivity contribution in [3.8, 4) is 6.07 Å². The summed E-state index contributed by atoms with van der Waals surface area (Å²) in [4.78, 5) is 2.17. The molecule has 1 aliphatic heterocycles. The predicted octanol–water partition coefficient (Wildman–Crippen LogP) is 1.22. The summed E-state index contributed by atoms with van der Waals surface area (Å²) in [5, 5.41) is 8.49. The molecule has 0 bridgehead atoms. The average Bonchev–Trinajstić information content (AvgIpc) is 2.17. The first-order chi connectivity index (χ1) is 6.36. The molecule has 1 saturated heterocycles. The number of nitrogens with zero attached hydrogens (tertiary/aromatic N) is 2. The van der Waals surface area contributed by atoms with Crippen molar-refractivity contribution in [2.45, 2.75) is 25.4 Å². The number of rotatable bonds is 4. The maximum atomic E-state index is 8.49. The van der Waals surface area contributed by atoms with E-state index in [0.717, 1.165) is 39.0 Å². The minimum Gasteiger partial charge on any atom is -0.378 e. The summed E-state index contributed by atoms with van der Waals surface area (Å²) < 4.78 is 5.59. The van der Waals surface area contributed by atoms with E-state index in [9.17, 15) is 0 Å². The highest BCUT2D eigenvalue weighted by molar-refractivity contribution is 4.80. The Balaban J connectivity index is 2.12. The van der Waals surface area contributed by atoms with Gasteiger partial charge < -0.3 is 4.74 Å². The fourth-order valence-corrected chi connectivity index (χ4v) is 1.58. The van der Waals surface area contributed by atoms with Crippen molar-refractivity contribution in [3.63, 3.8) is 0 Å². The van der Waals surface area contributed by atoms with Crippen molar-refractivity contribution in [2.75, 3.05) is 26.2 Å². The van der Waals surface area contributed by atoms with Gasteiger partial charge in [-0.3, -0.25) is 4.90 Å². The van der Waals surface area contributed by atoms with Gasteiger partial charge in [0.25, 0.3) is 0 Å². The van der Waals surface area contributed by atoms with E-state index in [4.69, 9.17) is 10.00 Å². The van der Waals surface area contributed by atoms with Gasteiger partial charge in [0.2, 0.25) is 0 Å². The fraction of sp³-hybridized carbons (Fsp3) is 0.800. The third kappa shape index (κ3) is 3.75. The lowest BCUT2D eigenvalue weighted by atomic mass is 10.1. The van der Waals surface area contributed by atoms with Crippen LogP contribution in [0.1, 0.15) is 19.3 Å². The molecule has 3 nitrogen and oxygen atoms in total. The quantitative estimate of drug-likeness (QED) is 0.612. The van der Waals surface area contributed by atoms with Crippen LogP contribution in [-0.4, -0.2) is 37.2 Å². The fourth-order valence-electron chi connectivity index (χ4n) is 1.58. The SMILES string of the molecule is [CH2]CCOC1CCN(CC#N)CC1. The number of likely N-dealkylation sites (tertiary alicyclic amines) is 1. The van der Waals surface area contributed by atoms with Crippen molar-refractivity contribution in [1.82, 2.24) is 4.90 Å². The molecule has 0 aromatic carbocycles. The van der Waals surface area contributed by atoms with Crippen LogP contribution in [0.5, 0.6) is 0 Å². The summed E-state index contributed by atoms with van der Waals surface area (Å²) in [6.45, 7) is 7.05. The predicted molar refractivity (Wildman–Crippen MR) is 51.0 cm³/mol. The first-order valence-corrected chi connectivity index (χ1v) is 4.87. The molecule has 1 fully saturated rings. The van der Waals surface area contributed by atoms with Gasteiger partial charge in [-0.25, -0.2) is 0 Å². The molecule has 3 heteroatoms. The molecule has 0 atom stereocenters. The standard InChI is InChI=1S/C10H17N2O/c1-2-9-13-10-3-6-12(7-4-10)8-5-11/h10H,1-4,6-9H2. The molecular formula is C10H17N2O. The van der Waals surface area contributed by atoms with E-state index < -0.39 is 0 Å². The minimum atomic E-state index is 0.400. The van der Waals surface area contributed by atoms with Gasteiger partial charge in [-0.05, 0) is 19.3 Å². The molecule has 0 N–H and O–H groups in total. The molecule has 0 aromatic heterocycles. The summed E-state index contributed by atoms with van der Waals surface area (Å²) >= 11 is 0. The number of hydrogen-bond acceptors (Lipinski definition) is 3. The van der Waals surface area contributed by atoms with Gasteiger partial charge in [-0.15, -0.1) is 0 Å². The average molecular weight is 181 g/mol. The molecule has 13 heavy (non-hydrogen) atoms. The van der Waals surface area contributed by atoms with Gasteiger partial charge in [0, 0.05) is 19.7 Å². The first kappa shape index (κ1) is 10.5. The number of hydrogen-bond donors (Lipinski definition) is 0. The van der Waals surface area contributed by atoms with Crippen LogP contribution in [-0.2, 0) is 4.74 Å². The Bertz CT molecular complexity index is 168. The van der Waals surface area contributed by atoms with E-state index in [1.54, 1.807) is 0 Å². The molecule has 0 unspecified atom stereocenters. The van der Waals surface area contributed by atoms with Crippen molar-refractivity contribution in [3.05, 3.63) is 6.92 Å². The molecular weight excluding hydrogens is 164 g/mol. The van der Waals surface area contributed by atoms with E-state index >= 15 is 0 Å². The smallest absolute Gasteiger partial charge is 0.0866 e. The van der Waals surface area contributed by atoms with Gasteiger partial charge in [-0.2, -0.15) is 5.26 Å². The molecule has 1 aliphatic rings. The van der Waals surface area contributed by atoms with Crippen LogP contribution in [0.25, 0.3) is 0 Å². The highest BCUT2D eigenvalue weighted by atomic mass is 16.5. The minimum absolute atomic E-state index is 0.400. The third-order valence-electron chi connectivity index (χ3n) is 2.33. The summed E-state index contributed by atoms with van der Waals surface area (Å²) in [6.07, 6.45) is 3.36. The van der Waals surface area contributed by atoms with E-state index in [1.165, 1.54) is 0 Å². The molecule has 1 radical (unpaired) electrons. The third-order valence-corrected chi connectivity index (χ3v) is 2.33. The van der Waals surface area contributed by atoms with Crippen LogP contribution in [0, 0.1) is 18.3 Å². The second kappa shape index (κ2) is 5.95. The zero-order chi connectivity index (χ0) is 9.52. The Hall–Kier alpha value is -0.590. The molecule has 73 valence electrons. The first-order valence-electron chi connectivity index (χ1n) is 4.87. The highest BCUT2D eigenvalue weighted by Crippen LogP contribution is 2.13. The Kier molecular flexibility index (Phi) is 4.81. The summed E-state index contributed by atoms with van der Waals surface area (Å²) in [5.41, 5.74) is 0. The normalized spacial score (nSPS) is 20.0. The molecule has 0 amide bonds. The van der Waals surface area contributed by atoms with Crippen LogP contribution in [0.15, 0.2) is 0 Å². The number of piperidine rings is 1. The highest BCUT2D eigenvalue weighted by Gasteiger charge is 2.18. The monoisotopic (exact) mass is 181 g/mol. The van der Waals surface area contributed by atoms with Gasteiger partial charge >= 0.3 is 0 Å². The topological polar surface area (TPSA) is 36.3 Å². The Labute approximate surface area is 80.3 Å². The zero-order valence-electron chi connectivity index (χ0n) is 8.04. The number of ether oxygens (including phenoxy) is 1. The van der Waals surface area contributed by atoms with Gasteiger partial charge in [-0.1, -0.05) is 6.92 Å².